The molecule has 0 unspecified atom stereocenters. The minimum atomic E-state index is -0.550. The van der Waals surface area contributed by atoms with Gasteiger partial charge in [0, 0.05) is 19.2 Å². The lowest BCUT2D eigenvalue weighted by atomic mass is 10.1. The molecule has 8 heteroatoms. The number of nitro groups is 1. The maximum atomic E-state index is 12.8. The first-order valence-corrected chi connectivity index (χ1v) is 8.69. The van der Waals surface area contributed by atoms with Gasteiger partial charge in [0.05, 0.1) is 23.2 Å². The quantitative estimate of drug-likeness (QED) is 0.320. The Balaban J connectivity index is 2.22. The molecular formula is C18H25N3O5. The van der Waals surface area contributed by atoms with Gasteiger partial charge in [-0.15, -0.1) is 0 Å². The third-order valence-electron chi connectivity index (χ3n) is 3.89. The van der Waals surface area contributed by atoms with E-state index in [9.17, 15) is 19.7 Å². The van der Waals surface area contributed by atoms with E-state index < -0.39 is 10.9 Å². The topological polar surface area (TPSA) is 93.0 Å². The number of anilines is 1. The first kappa shape index (κ1) is 19.7. The zero-order chi connectivity index (χ0) is 19.4. The predicted molar refractivity (Wildman–Crippen MR) is 97.2 cm³/mol. The largest absolute Gasteiger partial charge is 0.423 e. The third-order valence-corrected chi connectivity index (χ3v) is 3.89. The molecule has 1 aliphatic heterocycles. The van der Waals surface area contributed by atoms with Crippen molar-refractivity contribution in [2.75, 3.05) is 31.1 Å². The van der Waals surface area contributed by atoms with E-state index in [2.05, 4.69) is 0 Å². The highest BCUT2D eigenvalue weighted by atomic mass is 16.6. The first-order valence-electron chi connectivity index (χ1n) is 8.69. The van der Waals surface area contributed by atoms with Crippen LogP contribution in [0.1, 0.15) is 27.7 Å². The van der Waals surface area contributed by atoms with E-state index in [-0.39, 0.29) is 30.4 Å². The summed E-state index contributed by atoms with van der Waals surface area (Å²) >= 11 is 0. The van der Waals surface area contributed by atoms with Gasteiger partial charge in [0.15, 0.2) is 5.75 Å². The number of rotatable bonds is 7. The number of carbonyl (C=O) groups is 2. The third kappa shape index (κ3) is 4.93. The number of hydrogen-bond acceptors (Lipinski definition) is 6. The van der Waals surface area contributed by atoms with E-state index in [1.54, 1.807) is 9.80 Å². The van der Waals surface area contributed by atoms with E-state index in [1.165, 1.54) is 18.2 Å². The normalized spacial score (nSPS) is 13.6. The second-order valence-electron chi connectivity index (χ2n) is 7.33. The molecule has 0 saturated heterocycles. The molecule has 0 bridgehead atoms. The summed E-state index contributed by atoms with van der Waals surface area (Å²) in [6, 6.07) is 4.07. The summed E-state index contributed by atoms with van der Waals surface area (Å²) in [5.41, 5.74) is 0.351. The van der Waals surface area contributed by atoms with Crippen molar-refractivity contribution < 1.29 is 19.2 Å². The van der Waals surface area contributed by atoms with Gasteiger partial charge < -0.3 is 14.5 Å². The van der Waals surface area contributed by atoms with Crippen LogP contribution < -0.4 is 9.64 Å². The monoisotopic (exact) mass is 363 g/mol. The number of fused-ring (bicyclic) bond motifs is 1. The highest BCUT2D eigenvalue weighted by Crippen LogP contribution is 2.35. The number of ether oxygens (including phenoxy) is 1. The number of non-ortho nitro benzene ring substituents is 1. The summed E-state index contributed by atoms with van der Waals surface area (Å²) in [5, 5.41) is 10.9. The van der Waals surface area contributed by atoms with Crippen molar-refractivity contribution in [3.63, 3.8) is 0 Å². The standard InChI is InChI=1S/C18H25N3O5/c1-12(2)8-20(9-13(3)4)17(22)10-19-11-18(23)26-16-7-14(21(24)25)5-6-15(16)19/h5-7,12-13H,8-11H2,1-4H3. The average molecular weight is 363 g/mol. The van der Waals surface area contributed by atoms with E-state index in [0.717, 1.165) is 0 Å². The number of esters is 1. The molecule has 0 aliphatic carbocycles. The second-order valence-corrected chi connectivity index (χ2v) is 7.33. The van der Waals surface area contributed by atoms with E-state index >= 15 is 0 Å². The summed E-state index contributed by atoms with van der Waals surface area (Å²) in [7, 11) is 0. The Bertz CT molecular complexity index is 692. The van der Waals surface area contributed by atoms with Crippen molar-refractivity contribution in [1.82, 2.24) is 4.90 Å². The fraction of sp³-hybridized carbons (Fsp3) is 0.556. The number of benzene rings is 1. The van der Waals surface area contributed by atoms with E-state index in [1.807, 2.05) is 27.7 Å². The smallest absolute Gasteiger partial charge is 0.331 e. The average Bonchev–Trinajstić information content (AvgIpc) is 2.52. The Kier molecular flexibility index (Phi) is 6.18. The van der Waals surface area contributed by atoms with Gasteiger partial charge in [-0.25, -0.2) is 4.79 Å². The van der Waals surface area contributed by atoms with Crippen molar-refractivity contribution in [3.05, 3.63) is 28.3 Å². The molecule has 0 atom stereocenters. The summed E-state index contributed by atoms with van der Waals surface area (Å²) in [4.78, 5) is 38.4. The van der Waals surface area contributed by atoms with Gasteiger partial charge in [-0.1, -0.05) is 27.7 Å². The summed E-state index contributed by atoms with van der Waals surface area (Å²) in [5.74, 6) is 0.164. The minimum Gasteiger partial charge on any atom is -0.423 e. The SMILES string of the molecule is CC(C)CN(CC(C)C)C(=O)CN1CC(=O)Oc2cc([N+](=O)[O-])ccc21. The van der Waals surface area contributed by atoms with Crippen molar-refractivity contribution in [3.8, 4) is 5.75 Å². The molecule has 1 amide bonds. The molecular weight excluding hydrogens is 338 g/mol. The van der Waals surface area contributed by atoms with Crippen LogP contribution in [0.15, 0.2) is 18.2 Å². The number of hydrogen-bond donors (Lipinski definition) is 0. The highest BCUT2D eigenvalue weighted by Gasteiger charge is 2.29. The summed E-state index contributed by atoms with van der Waals surface area (Å²) in [6.45, 7) is 9.44. The van der Waals surface area contributed by atoms with Gasteiger partial charge in [-0.05, 0) is 17.9 Å². The van der Waals surface area contributed by atoms with Crippen LogP contribution >= 0.6 is 0 Å². The van der Waals surface area contributed by atoms with E-state index in [4.69, 9.17) is 4.74 Å². The molecule has 142 valence electrons. The number of nitro benzene ring substituents is 1. The van der Waals surface area contributed by atoms with Crippen LogP contribution in [-0.2, 0) is 9.59 Å². The zero-order valence-corrected chi connectivity index (χ0v) is 15.6. The second kappa shape index (κ2) is 8.16. The first-order chi connectivity index (χ1) is 12.2. The number of nitrogens with zero attached hydrogens (tertiary/aromatic N) is 3. The van der Waals surface area contributed by atoms with Crippen molar-refractivity contribution in [2.45, 2.75) is 27.7 Å². The van der Waals surface area contributed by atoms with Gasteiger partial charge in [0.2, 0.25) is 5.91 Å². The fourth-order valence-corrected chi connectivity index (χ4v) is 2.92. The molecule has 0 aromatic heterocycles. The molecule has 0 spiro atoms. The Morgan fingerprint density at radius 3 is 2.42 bits per heavy atom. The molecule has 8 nitrogen and oxygen atoms in total. The van der Waals surface area contributed by atoms with Gasteiger partial charge in [0.25, 0.3) is 5.69 Å². The predicted octanol–water partition coefficient (Wildman–Crippen LogP) is 2.46. The summed E-state index contributed by atoms with van der Waals surface area (Å²) < 4.78 is 5.11. The van der Waals surface area contributed by atoms with Gasteiger partial charge in [-0.3, -0.25) is 14.9 Å². The van der Waals surface area contributed by atoms with Crippen LogP contribution in [0.5, 0.6) is 5.75 Å². The minimum absolute atomic E-state index is 0.0271. The van der Waals surface area contributed by atoms with Crippen LogP contribution in [0.2, 0.25) is 0 Å². The maximum absolute atomic E-state index is 12.8. The Morgan fingerprint density at radius 1 is 1.27 bits per heavy atom. The Hall–Kier alpha value is -2.64. The van der Waals surface area contributed by atoms with Crippen LogP contribution in [-0.4, -0.2) is 47.9 Å². The lowest BCUT2D eigenvalue weighted by Gasteiger charge is -2.32. The summed E-state index contributed by atoms with van der Waals surface area (Å²) in [6.07, 6.45) is 0. The molecule has 0 radical (unpaired) electrons. The molecule has 0 N–H and O–H groups in total. The molecule has 0 saturated carbocycles. The number of amides is 1. The zero-order valence-electron chi connectivity index (χ0n) is 15.6. The lowest BCUT2D eigenvalue weighted by molar-refractivity contribution is -0.384. The molecule has 2 rings (SSSR count). The van der Waals surface area contributed by atoms with Gasteiger partial charge in [0.1, 0.15) is 6.54 Å². The van der Waals surface area contributed by atoms with E-state index in [0.29, 0.717) is 30.6 Å². The number of carbonyl (C=O) groups excluding carboxylic acids is 2. The molecule has 1 aromatic rings. The highest BCUT2D eigenvalue weighted by molar-refractivity contribution is 5.89. The Labute approximate surface area is 152 Å². The lowest BCUT2D eigenvalue weighted by Crippen LogP contribution is -2.46. The van der Waals surface area contributed by atoms with Crippen molar-refractivity contribution in [2.24, 2.45) is 11.8 Å². The molecule has 1 aliphatic rings. The van der Waals surface area contributed by atoms with Crippen molar-refractivity contribution in [1.29, 1.82) is 0 Å². The fourth-order valence-electron chi connectivity index (χ4n) is 2.92. The van der Waals surface area contributed by atoms with Crippen LogP contribution in [0.3, 0.4) is 0 Å². The van der Waals surface area contributed by atoms with Gasteiger partial charge in [-0.2, -0.15) is 0 Å². The van der Waals surface area contributed by atoms with Gasteiger partial charge >= 0.3 is 5.97 Å². The maximum Gasteiger partial charge on any atom is 0.331 e. The van der Waals surface area contributed by atoms with Crippen LogP contribution in [0.25, 0.3) is 0 Å². The molecule has 0 fully saturated rings. The molecule has 1 aromatic carbocycles. The Morgan fingerprint density at radius 2 is 1.88 bits per heavy atom. The molecule has 26 heavy (non-hydrogen) atoms. The molecule has 1 heterocycles. The van der Waals surface area contributed by atoms with Crippen molar-refractivity contribution >= 4 is 23.3 Å². The van der Waals surface area contributed by atoms with Crippen LogP contribution in [0.4, 0.5) is 11.4 Å². The van der Waals surface area contributed by atoms with Crippen LogP contribution in [0, 0.1) is 22.0 Å².